The molecule has 0 radical (unpaired) electrons. The zero-order chi connectivity index (χ0) is 21.6. The van der Waals surface area contributed by atoms with Gasteiger partial charge in [0.25, 0.3) is 5.91 Å². The minimum absolute atomic E-state index is 0.0931. The summed E-state index contributed by atoms with van der Waals surface area (Å²) in [6, 6.07) is 18.8. The average molecular weight is 417 g/mol. The molecule has 7 heteroatoms. The van der Waals surface area contributed by atoms with E-state index in [1.165, 1.54) is 0 Å². The maximum Gasteiger partial charge on any atom is 0.273 e. The third kappa shape index (κ3) is 4.83. The fourth-order valence-corrected chi connectivity index (χ4v) is 3.37. The van der Waals surface area contributed by atoms with Crippen LogP contribution in [-0.4, -0.2) is 29.2 Å². The largest absolute Gasteiger partial charge is 0.496 e. The van der Waals surface area contributed by atoms with Crippen LogP contribution in [0.1, 0.15) is 28.9 Å². The van der Waals surface area contributed by atoms with Crippen molar-refractivity contribution < 1.29 is 18.8 Å². The summed E-state index contributed by atoms with van der Waals surface area (Å²) in [5.41, 5.74) is 1.13. The van der Waals surface area contributed by atoms with Crippen LogP contribution in [0.25, 0.3) is 10.8 Å². The van der Waals surface area contributed by atoms with Gasteiger partial charge < -0.3 is 19.3 Å². The first kappa shape index (κ1) is 20.4. The summed E-state index contributed by atoms with van der Waals surface area (Å²) in [5, 5.41) is 8.68. The van der Waals surface area contributed by atoms with Crippen LogP contribution in [0.15, 0.2) is 71.4 Å². The number of carbonyl (C=O) groups is 1. The molecule has 2 heterocycles. The lowest BCUT2D eigenvalue weighted by Crippen LogP contribution is -2.34. The number of benzene rings is 2. The number of rotatable bonds is 8. The van der Waals surface area contributed by atoms with Gasteiger partial charge in [0, 0.05) is 41.2 Å². The quantitative estimate of drug-likeness (QED) is 0.463. The molecule has 2 aromatic heterocycles. The molecule has 0 spiro atoms. The minimum Gasteiger partial charge on any atom is -0.496 e. The summed E-state index contributed by atoms with van der Waals surface area (Å²) in [5.74, 6) is 1.64. The summed E-state index contributed by atoms with van der Waals surface area (Å²) >= 11 is 0. The van der Waals surface area contributed by atoms with E-state index in [-0.39, 0.29) is 24.2 Å². The second kappa shape index (κ2) is 9.30. The number of ether oxygens (including phenoxy) is 2. The van der Waals surface area contributed by atoms with Gasteiger partial charge >= 0.3 is 0 Å². The summed E-state index contributed by atoms with van der Waals surface area (Å²) in [6.07, 6.45) is 2.37. The highest BCUT2D eigenvalue weighted by atomic mass is 16.5. The molecule has 0 aliphatic rings. The second-order valence-corrected chi connectivity index (χ2v) is 7.18. The Hall–Kier alpha value is -3.87. The summed E-state index contributed by atoms with van der Waals surface area (Å²) < 4.78 is 16.6. The van der Waals surface area contributed by atoms with E-state index in [1.807, 2.05) is 61.5 Å². The van der Waals surface area contributed by atoms with Crippen LogP contribution in [-0.2, 0) is 13.0 Å². The molecule has 0 fully saturated rings. The first-order chi connectivity index (χ1) is 15.1. The van der Waals surface area contributed by atoms with E-state index < -0.39 is 0 Å². The number of methoxy groups -OCH3 is 1. The van der Waals surface area contributed by atoms with E-state index in [2.05, 4.69) is 15.5 Å². The molecule has 4 aromatic rings. The molecule has 0 saturated carbocycles. The number of aromatic nitrogens is 2. The summed E-state index contributed by atoms with van der Waals surface area (Å²) in [6.45, 7) is 2.07. The maximum absolute atomic E-state index is 12.5. The number of fused-ring (bicyclic) bond motifs is 1. The van der Waals surface area contributed by atoms with Gasteiger partial charge in [-0.05, 0) is 31.2 Å². The van der Waals surface area contributed by atoms with Crippen molar-refractivity contribution in [2.75, 3.05) is 7.11 Å². The third-order valence-electron chi connectivity index (χ3n) is 4.84. The smallest absolute Gasteiger partial charge is 0.273 e. The Morgan fingerprint density at radius 1 is 1.06 bits per heavy atom. The number of hydrogen-bond acceptors (Lipinski definition) is 6. The Bertz CT molecular complexity index is 1170. The van der Waals surface area contributed by atoms with Crippen LogP contribution < -0.4 is 14.8 Å². The van der Waals surface area contributed by atoms with Crippen molar-refractivity contribution in [1.29, 1.82) is 0 Å². The van der Waals surface area contributed by atoms with Gasteiger partial charge in [-0.3, -0.25) is 9.78 Å². The molecule has 0 aliphatic heterocycles. The number of nitrogens with zero attached hydrogens (tertiary/aromatic N) is 2. The first-order valence-electron chi connectivity index (χ1n) is 9.99. The van der Waals surface area contributed by atoms with Crippen molar-refractivity contribution >= 4 is 16.7 Å². The molecular formula is C24H23N3O4. The molecule has 158 valence electrons. The SMILES string of the molecule is COc1ccc(OCc2cc(C(=O)NC(C)Cc3ccccn3)no2)c2ccccc12. The molecule has 4 rings (SSSR count). The van der Waals surface area contributed by atoms with E-state index in [9.17, 15) is 4.79 Å². The van der Waals surface area contributed by atoms with Gasteiger partial charge in [-0.2, -0.15) is 0 Å². The lowest BCUT2D eigenvalue weighted by Gasteiger charge is -2.12. The van der Waals surface area contributed by atoms with Gasteiger partial charge in [0.2, 0.25) is 0 Å². The average Bonchev–Trinajstić information content (AvgIpc) is 3.27. The van der Waals surface area contributed by atoms with Gasteiger partial charge in [-0.25, -0.2) is 0 Å². The van der Waals surface area contributed by atoms with E-state index in [0.29, 0.717) is 17.9 Å². The molecule has 1 N–H and O–H groups in total. The second-order valence-electron chi connectivity index (χ2n) is 7.18. The Morgan fingerprint density at radius 3 is 2.55 bits per heavy atom. The highest BCUT2D eigenvalue weighted by Gasteiger charge is 2.16. The molecule has 1 amide bonds. The molecule has 7 nitrogen and oxygen atoms in total. The highest BCUT2D eigenvalue weighted by Crippen LogP contribution is 2.33. The van der Waals surface area contributed by atoms with Crippen LogP contribution in [0.5, 0.6) is 11.5 Å². The monoisotopic (exact) mass is 417 g/mol. The fraction of sp³-hybridized carbons (Fsp3) is 0.208. The van der Waals surface area contributed by atoms with E-state index in [0.717, 1.165) is 22.2 Å². The van der Waals surface area contributed by atoms with Crippen molar-refractivity contribution in [2.45, 2.75) is 26.0 Å². The first-order valence-corrected chi connectivity index (χ1v) is 9.99. The van der Waals surface area contributed by atoms with Gasteiger partial charge in [-0.1, -0.05) is 35.5 Å². The number of carbonyl (C=O) groups excluding carboxylic acids is 1. The highest BCUT2D eigenvalue weighted by molar-refractivity contribution is 5.93. The summed E-state index contributed by atoms with van der Waals surface area (Å²) in [4.78, 5) is 16.7. The standard InChI is InChI=1S/C24H23N3O4/c1-16(13-17-7-5-6-12-25-17)26-24(28)21-14-18(31-27-21)15-30-23-11-10-22(29-2)19-8-3-4-9-20(19)23/h3-12,14,16H,13,15H2,1-2H3,(H,26,28). The predicted molar refractivity (Wildman–Crippen MR) is 116 cm³/mol. The van der Waals surface area contributed by atoms with Gasteiger partial charge in [0.1, 0.15) is 18.1 Å². The normalized spacial score (nSPS) is 11.8. The molecule has 1 unspecified atom stereocenters. The minimum atomic E-state index is -0.298. The van der Waals surface area contributed by atoms with Crippen LogP contribution in [0.3, 0.4) is 0 Å². The fourth-order valence-electron chi connectivity index (χ4n) is 3.37. The molecule has 0 saturated heterocycles. The van der Waals surface area contributed by atoms with E-state index in [4.69, 9.17) is 14.0 Å². The summed E-state index contributed by atoms with van der Waals surface area (Å²) in [7, 11) is 1.64. The third-order valence-corrected chi connectivity index (χ3v) is 4.84. The van der Waals surface area contributed by atoms with Crippen molar-refractivity contribution in [3.05, 3.63) is 84.0 Å². The zero-order valence-electron chi connectivity index (χ0n) is 17.4. The van der Waals surface area contributed by atoms with Crippen LogP contribution in [0, 0.1) is 0 Å². The molecule has 31 heavy (non-hydrogen) atoms. The van der Waals surface area contributed by atoms with E-state index >= 15 is 0 Å². The number of hydrogen-bond donors (Lipinski definition) is 1. The van der Waals surface area contributed by atoms with Crippen molar-refractivity contribution in [1.82, 2.24) is 15.5 Å². The van der Waals surface area contributed by atoms with Crippen molar-refractivity contribution in [2.24, 2.45) is 0 Å². The molecule has 1 atom stereocenters. The predicted octanol–water partition coefficient (Wildman–Crippen LogP) is 4.17. The molecular weight excluding hydrogens is 394 g/mol. The van der Waals surface area contributed by atoms with Crippen LogP contribution >= 0.6 is 0 Å². The number of nitrogens with one attached hydrogen (secondary N) is 1. The molecule has 0 aliphatic carbocycles. The lowest BCUT2D eigenvalue weighted by molar-refractivity contribution is 0.0930. The van der Waals surface area contributed by atoms with Crippen molar-refractivity contribution in [3.63, 3.8) is 0 Å². The van der Waals surface area contributed by atoms with Gasteiger partial charge in [-0.15, -0.1) is 0 Å². The Labute approximate surface area is 180 Å². The van der Waals surface area contributed by atoms with Crippen molar-refractivity contribution in [3.8, 4) is 11.5 Å². The number of pyridine rings is 1. The zero-order valence-corrected chi connectivity index (χ0v) is 17.4. The van der Waals surface area contributed by atoms with E-state index in [1.54, 1.807) is 19.4 Å². The topological polar surface area (TPSA) is 86.5 Å². The van der Waals surface area contributed by atoms with Gasteiger partial charge in [0.05, 0.1) is 7.11 Å². The van der Waals surface area contributed by atoms with Gasteiger partial charge in [0.15, 0.2) is 11.5 Å². The Kier molecular flexibility index (Phi) is 6.12. The maximum atomic E-state index is 12.5. The molecule has 2 aromatic carbocycles. The van der Waals surface area contributed by atoms with Crippen LogP contribution in [0.2, 0.25) is 0 Å². The lowest BCUT2D eigenvalue weighted by atomic mass is 10.1. The number of amides is 1. The Morgan fingerprint density at radius 2 is 1.81 bits per heavy atom. The Balaban J connectivity index is 1.38. The molecule has 0 bridgehead atoms. The van der Waals surface area contributed by atoms with Crippen LogP contribution in [0.4, 0.5) is 0 Å².